The molecule has 0 aliphatic heterocycles. The third-order valence-electron chi connectivity index (χ3n) is 2.46. The molecule has 0 saturated carbocycles. The number of halogens is 1. The highest BCUT2D eigenvalue weighted by Crippen LogP contribution is 2.30. The van der Waals surface area contributed by atoms with Gasteiger partial charge >= 0.3 is 11.7 Å². The van der Waals surface area contributed by atoms with E-state index in [-0.39, 0.29) is 24.0 Å². The van der Waals surface area contributed by atoms with Crippen molar-refractivity contribution in [3.05, 3.63) is 33.3 Å². The van der Waals surface area contributed by atoms with Crippen molar-refractivity contribution in [1.82, 2.24) is 0 Å². The van der Waals surface area contributed by atoms with Crippen molar-refractivity contribution in [2.45, 2.75) is 26.2 Å². The summed E-state index contributed by atoms with van der Waals surface area (Å²) in [4.78, 5) is 21.4. The zero-order valence-electron chi connectivity index (χ0n) is 11.1. The number of hydrogen-bond donors (Lipinski definition) is 0. The quantitative estimate of drug-likeness (QED) is 0.318. The lowest BCUT2D eigenvalue weighted by Gasteiger charge is -2.07. The first kappa shape index (κ1) is 16.2. The molecule has 0 fully saturated rings. The van der Waals surface area contributed by atoms with Gasteiger partial charge in [0, 0.05) is 23.6 Å². The number of rotatable bonds is 8. The van der Waals surface area contributed by atoms with E-state index in [1.54, 1.807) is 6.92 Å². The van der Waals surface area contributed by atoms with Crippen LogP contribution in [-0.2, 0) is 9.53 Å². The molecule has 1 aromatic rings. The summed E-state index contributed by atoms with van der Waals surface area (Å²) in [6, 6.07) is 4.15. The fraction of sp³-hybridized carbons (Fsp3) is 0.462. The zero-order valence-corrected chi connectivity index (χ0v) is 11.9. The lowest BCUT2D eigenvalue weighted by Crippen LogP contribution is -2.05. The van der Waals surface area contributed by atoms with Gasteiger partial charge in [0.05, 0.1) is 18.1 Å². The molecule has 0 N–H and O–H groups in total. The molecule has 0 atom stereocenters. The van der Waals surface area contributed by atoms with Crippen molar-refractivity contribution in [2.75, 3.05) is 13.2 Å². The first-order valence-electron chi connectivity index (χ1n) is 6.27. The summed E-state index contributed by atoms with van der Waals surface area (Å²) >= 11 is 5.77. The Hall–Kier alpha value is -1.82. The highest BCUT2D eigenvalue weighted by Gasteiger charge is 2.15. The maximum atomic E-state index is 11.1. The third-order valence-corrected chi connectivity index (χ3v) is 2.69. The maximum absolute atomic E-state index is 11.1. The Morgan fingerprint density at radius 1 is 1.40 bits per heavy atom. The van der Waals surface area contributed by atoms with Gasteiger partial charge < -0.3 is 9.47 Å². The van der Waals surface area contributed by atoms with Gasteiger partial charge in [0.25, 0.3) is 0 Å². The molecule has 110 valence electrons. The van der Waals surface area contributed by atoms with Crippen molar-refractivity contribution in [3.63, 3.8) is 0 Å². The molecule has 0 bridgehead atoms. The van der Waals surface area contributed by atoms with Crippen molar-refractivity contribution in [2.24, 2.45) is 0 Å². The van der Waals surface area contributed by atoms with E-state index in [9.17, 15) is 14.9 Å². The fourth-order valence-corrected chi connectivity index (χ4v) is 1.70. The summed E-state index contributed by atoms with van der Waals surface area (Å²) in [6.07, 6.45) is 1.52. The van der Waals surface area contributed by atoms with Gasteiger partial charge in [0.2, 0.25) is 0 Å². The van der Waals surface area contributed by atoms with Gasteiger partial charge in [-0.05, 0) is 25.8 Å². The Balaban J connectivity index is 2.40. The van der Waals surface area contributed by atoms with Crippen LogP contribution in [0.4, 0.5) is 5.69 Å². The number of nitro groups is 1. The Morgan fingerprint density at radius 3 is 2.80 bits per heavy atom. The molecule has 0 spiro atoms. The predicted octanol–water partition coefficient (Wildman–Crippen LogP) is 3.36. The molecule has 0 aromatic heterocycles. The lowest BCUT2D eigenvalue weighted by atomic mass is 10.2. The second-order valence-corrected chi connectivity index (χ2v) is 4.42. The van der Waals surface area contributed by atoms with Gasteiger partial charge in [-0.2, -0.15) is 0 Å². The number of unbranched alkanes of at least 4 members (excludes halogenated alkanes) is 1. The summed E-state index contributed by atoms with van der Waals surface area (Å²) in [5, 5.41) is 11.2. The average Bonchev–Trinajstić information content (AvgIpc) is 2.38. The number of benzene rings is 1. The Labute approximate surface area is 121 Å². The molecule has 0 aliphatic rings. The van der Waals surface area contributed by atoms with E-state index in [0.29, 0.717) is 30.9 Å². The first-order valence-corrected chi connectivity index (χ1v) is 6.64. The van der Waals surface area contributed by atoms with Crippen molar-refractivity contribution in [1.29, 1.82) is 0 Å². The summed E-state index contributed by atoms with van der Waals surface area (Å²) < 4.78 is 10.1. The van der Waals surface area contributed by atoms with E-state index >= 15 is 0 Å². The molecule has 0 aliphatic carbocycles. The summed E-state index contributed by atoms with van der Waals surface area (Å²) in [7, 11) is 0. The predicted molar refractivity (Wildman–Crippen MR) is 74.1 cm³/mol. The zero-order chi connectivity index (χ0) is 15.0. The molecule has 20 heavy (non-hydrogen) atoms. The van der Waals surface area contributed by atoms with Crippen molar-refractivity contribution in [3.8, 4) is 5.75 Å². The Morgan fingerprint density at radius 2 is 2.15 bits per heavy atom. The normalized spacial score (nSPS) is 10.1. The third kappa shape index (κ3) is 5.44. The molecule has 0 heterocycles. The van der Waals surface area contributed by atoms with Crippen molar-refractivity contribution < 1.29 is 19.2 Å². The molecule has 7 heteroatoms. The van der Waals surface area contributed by atoms with E-state index in [4.69, 9.17) is 21.1 Å². The number of nitrogens with zero attached hydrogens (tertiary/aromatic N) is 1. The van der Waals surface area contributed by atoms with E-state index in [0.717, 1.165) is 0 Å². The smallest absolute Gasteiger partial charge is 0.311 e. The molecule has 0 radical (unpaired) electrons. The number of carbonyl (C=O) groups is 1. The number of nitro benzene ring substituents is 1. The van der Waals surface area contributed by atoms with Crippen LogP contribution < -0.4 is 4.74 Å². The number of esters is 1. The molecule has 1 aromatic carbocycles. The molecule has 1 rings (SSSR count). The summed E-state index contributed by atoms with van der Waals surface area (Å²) in [5.41, 5.74) is -0.125. The highest BCUT2D eigenvalue weighted by molar-refractivity contribution is 6.30. The topological polar surface area (TPSA) is 78.7 Å². The molecule has 0 amide bonds. The molecular formula is C13H16ClNO5. The van der Waals surface area contributed by atoms with Crippen LogP contribution in [0.1, 0.15) is 26.2 Å². The van der Waals surface area contributed by atoms with Crippen LogP contribution in [0.15, 0.2) is 18.2 Å². The van der Waals surface area contributed by atoms with E-state index in [1.165, 1.54) is 18.2 Å². The van der Waals surface area contributed by atoms with Crippen LogP contribution in [-0.4, -0.2) is 24.1 Å². The SMILES string of the molecule is CCOC(=O)CCCCOc1cc(Cl)ccc1[N+](=O)[O-]. The Bertz CT molecular complexity index is 478. The molecular weight excluding hydrogens is 286 g/mol. The van der Waals surface area contributed by atoms with Crippen LogP contribution in [0.25, 0.3) is 0 Å². The monoisotopic (exact) mass is 301 g/mol. The minimum Gasteiger partial charge on any atom is -0.487 e. The molecule has 0 unspecified atom stereocenters. The average molecular weight is 302 g/mol. The second-order valence-electron chi connectivity index (χ2n) is 3.98. The molecule has 0 saturated heterocycles. The summed E-state index contributed by atoms with van der Waals surface area (Å²) in [5.74, 6) is -0.111. The summed E-state index contributed by atoms with van der Waals surface area (Å²) in [6.45, 7) is 2.39. The van der Waals surface area contributed by atoms with Gasteiger partial charge in [0.1, 0.15) is 0 Å². The number of hydrogen-bond acceptors (Lipinski definition) is 5. The van der Waals surface area contributed by atoms with Gasteiger partial charge in [-0.15, -0.1) is 0 Å². The standard InChI is InChI=1S/C13H16ClNO5/c1-2-19-13(16)5-3-4-8-20-12-9-10(14)6-7-11(12)15(17)18/h6-7,9H,2-5,8H2,1H3. The maximum Gasteiger partial charge on any atom is 0.311 e. The second kappa shape index (κ2) is 8.37. The van der Waals surface area contributed by atoms with E-state index in [2.05, 4.69) is 0 Å². The minimum absolute atomic E-state index is 0.125. The largest absolute Gasteiger partial charge is 0.487 e. The first-order chi connectivity index (χ1) is 9.54. The van der Waals surface area contributed by atoms with Crippen LogP contribution in [0.5, 0.6) is 5.75 Å². The van der Waals surface area contributed by atoms with Crippen LogP contribution in [0.2, 0.25) is 5.02 Å². The van der Waals surface area contributed by atoms with Gasteiger partial charge in [0.15, 0.2) is 5.75 Å². The Kier molecular flexibility index (Phi) is 6.79. The minimum atomic E-state index is -0.524. The number of carbonyl (C=O) groups excluding carboxylic acids is 1. The number of ether oxygens (including phenoxy) is 2. The molecule has 6 nitrogen and oxygen atoms in total. The fourth-order valence-electron chi connectivity index (χ4n) is 1.54. The van der Waals surface area contributed by atoms with Crippen LogP contribution >= 0.6 is 11.6 Å². The van der Waals surface area contributed by atoms with Crippen LogP contribution in [0.3, 0.4) is 0 Å². The van der Waals surface area contributed by atoms with Gasteiger partial charge in [-0.3, -0.25) is 14.9 Å². The van der Waals surface area contributed by atoms with Gasteiger partial charge in [-0.25, -0.2) is 0 Å². The highest BCUT2D eigenvalue weighted by atomic mass is 35.5. The van der Waals surface area contributed by atoms with Crippen LogP contribution in [0, 0.1) is 10.1 Å². The van der Waals surface area contributed by atoms with Gasteiger partial charge in [-0.1, -0.05) is 11.6 Å². The van der Waals surface area contributed by atoms with Crippen molar-refractivity contribution >= 4 is 23.3 Å². The van der Waals surface area contributed by atoms with E-state index in [1.807, 2.05) is 0 Å². The lowest BCUT2D eigenvalue weighted by molar-refractivity contribution is -0.385. The van der Waals surface area contributed by atoms with E-state index < -0.39 is 4.92 Å².